The van der Waals surface area contributed by atoms with E-state index >= 15 is 0 Å². The molecule has 2 fully saturated rings. The summed E-state index contributed by atoms with van der Waals surface area (Å²) in [5, 5.41) is 9.07. The fraction of sp³-hybridized carbons (Fsp3) is 0.833. The molecule has 56 valence electrons. The van der Waals surface area contributed by atoms with Crippen LogP contribution in [0.5, 0.6) is 0 Å². The third-order valence-electron chi connectivity index (χ3n) is 1.90. The lowest BCUT2D eigenvalue weighted by Crippen LogP contribution is -2.28. The Balaban J connectivity index is 2.16. The van der Waals surface area contributed by atoms with Crippen molar-refractivity contribution in [3.05, 3.63) is 0 Å². The lowest BCUT2D eigenvalue weighted by molar-refractivity contribution is -0.148. The topological polar surface area (TPSA) is 55.8 Å². The third kappa shape index (κ3) is 0.660. The molecule has 1 unspecified atom stereocenters. The van der Waals surface area contributed by atoms with Gasteiger partial charge >= 0.3 is 5.97 Å². The zero-order valence-electron chi connectivity index (χ0n) is 5.32. The lowest BCUT2D eigenvalue weighted by atomic mass is 10.1. The Kier molecular flexibility index (Phi) is 1.18. The second kappa shape index (κ2) is 1.93. The first-order valence-corrected chi connectivity index (χ1v) is 3.29. The third-order valence-corrected chi connectivity index (χ3v) is 1.90. The van der Waals surface area contributed by atoms with Crippen LogP contribution in [0, 0.1) is 0 Å². The molecule has 0 saturated carbocycles. The normalized spacial score (nSPS) is 45.3. The molecule has 0 aliphatic carbocycles. The first-order valence-electron chi connectivity index (χ1n) is 3.29. The van der Waals surface area contributed by atoms with E-state index in [1.54, 1.807) is 0 Å². The van der Waals surface area contributed by atoms with E-state index in [4.69, 9.17) is 14.6 Å². The van der Waals surface area contributed by atoms with Crippen molar-refractivity contribution in [1.82, 2.24) is 0 Å². The summed E-state index contributed by atoms with van der Waals surface area (Å²) in [6.45, 7) is 0.583. The van der Waals surface area contributed by atoms with Gasteiger partial charge in [0, 0.05) is 6.42 Å². The molecule has 2 saturated heterocycles. The number of hydrogen-bond acceptors (Lipinski definition) is 4. The van der Waals surface area contributed by atoms with Crippen molar-refractivity contribution in [3.8, 4) is 0 Å². The molecule has 0 amide bonds. The van der Waals surface area contributed by atoms with Crippen LogP contribution in [0.3, 0.4) is 0 Å². The second-order valence-corrected chi connectivity index (χ2v) is 2.54. The molecule has 2 heterocycles. The van der Waals surface area contributed by atoms with Gasteiger partial charge in [-0.2, -0.15) is 0 Å². The van der Waals surface area contributed by atoms with E-state index in [9.17, 15) is 4.79 Å². The number of aliphatic hydroxyl groups is 1. The van der Waals surface area contributed by atoms with Crippen LogP contribution in [0.15, 0.2) is 0 Å². The van der Waals surface area contributed by atoms with Crippen LogP contribution in [0.2, 0.25) is 0 Å². The average Bonchev–Trinajstić information content (AvgIpc) is 2.41. The van der Waals surface area contributed by atoms with Crippen LogP contribution in [-0.2, 0) is 14.3 Å². The van der Waals surface area contributed by atoms with Gasteiger partial charge in [-0.1, -0.05) is 0 Å². The zero-order chi connectivity index (χ0) is 7.14. The Hall–Kier alpha value is -0.610. The van der Waals surface area contributed by atoms with E-state index in [1.807, 2.05) is 0 Å². The molecule has 4 heteroatoms. The molecule has 2 rings (SSSR count). The van der Waals surface area contributed by atoms with Crippen molar-refractivity contribution in [2.24, 2.45) is 0 Å². The van der Waals surface area contributed by atoms with Crippen LogP contribution in [0.1, 0.15) is 6.42 Å². The van der Waals surface area contributed by atoms with Gasteiger partial charge in [-0.3, -0.25) is 0 Å². The monoisotopic (exact) mass is 144 g/mol. The molecular formula is C6H8O4. The number of carbonyl (C=O) groups is 1. The average molecular weight is 144 g/mol. The van der Waals surface area contributed by atoms with Gasteiger partial charge in [0.05, 0.1) is 6.61 Å². The maximum absolute atomic E-state index is 10.6. The predicted octanol–water partition coefficient (Wildman–Crippen LogP) is -0.938. The lowest BCUT2D eigenvalue weighted by Gasteiger charge is -2.05. The fourth-order valence-electron chi connectivity index (χ4n) is 1.37. The zero-order valence-corrected chi connectivity index (χ0v) is 5.32. The molecule has 4 nitrogen and oxygen atoms in total. The van der Waals surface area contributed by atoms with Gasteiger partial charge in [-0.05, 0) is 0 Å². The maximum Gasteiger partial charge on any atom is 0.338 e. The van der Waals surface area contributed by atoms with Crippen LogP contribution < -0.4 is 0 Å². The quantitative estimate of drug-likeness (QED) is 0.446. The molecular weight excluding hydrogens is 136 g/mol. The van der Waals surface area contributed by atoms with Crippen molar-refractivity contribution >= 4 is 5.97 Å². The number of fused-ring (bicyclic) bond motifs is 1. The number of esters is 1. The molecule has 0 aromatic heterocycles. The van der Waals surface area contributed by atoms with E-state index in [0.29, 0.717) is 13.0 Å². The van der Waals surface area contributed by atoms with Gasteiger partial charge in [-0.15, -0.1) is 0 Å². The Morgan fingerprint density at radius 1 is 1.60 bits per heavy atom. The standard InChI is InChI=1S/C6H8O4/c7-4-5-3(1-2-9-5)10-6(4)8/h3-5,7H,1-2H2/t3-,4?,5+/m1/s1. The van der Waals surface area contributed by atoms with Crippen LogP contribution in [-0.4, -0.2) is 36.0 Å². The van der Waals surface area contributed by atoms with Crippen molar-refractivity contribution in [3.63, 3.8) is 0 Å². The van der Waals surface area contributed by atoms with Crippen molar-refractivity contribution in [2.75, 3.05) is 6.61 Å². The highest BCUT2D eigenvalue weighted by molar-refractivity contribution is 5.77. The van der Waals surface area contributed by atoms with Gasteiger partial charge in [-0.25, -0.2) is 4.79 Å². The summed E-state index contributed by atoms with van der Waals surface area (Å²) in [5.41, 5.74) is 0. The highest BCUT2D eigenvalue weighted by Gasteiger charge is 2.47. The molecule has 0 aromatic rings. The van der Waals surface area contributed by atoms with Gasteiger partial charge in [0.2, 0.25) is 0 Å². The minimum atomic E-state index is -1.05. The first kappa shape index (κ1) is 6.12. The van der Waals surface area contributed by atoms with Gasteiger partial charge in [0.15, 0.2) is 6.10 Å². The van der Waals surface area contributed by atoms with Gasteiger partial charge in [0.25, 0.3) is 0 Å². The Morgan fingerprint density at radius 2 is 2.40 bits per heavy atom. The minimum absolute atomic E-state index is 0.192. The predicted molar refractivity (Wildman–Crippen MR) is 30.2 cm³/mol. The number of rotatable bonds is 0. The number of hydrogen-bond donors (Lipinski definition) is 1. The van der Waals surface area contributed by atoms with Crippen molar-refractivity contribution in [1.29, 1.82) is 0 Å². The van der Waals surface area contributed by atoms with Crippen molar-refractivity contribution < 1.29 is 19.4 Å². The van der Waals surface area contributed by atoms with E-state index < -0.39 is 18.2 Å². The summed E-state index contributed by atoms with van der Waals surface area (Å²) < 4.78 is 9.85. The smallest absolute Gasteiger partial charge is 0.338 e. The first-order chi connectivity index (χ1) is 4.79. The molecule has 0 bridgehead atoms. The Morgan fingerprint density at radius 3 is 3.10 bits per heavy atom. The van der Waals surface area contributed by atoms with E-state index in [-0.39, 0.29) is 6.10 Å². The summed E-state index contributed by atoms with van der Waals surface area (Å²) in [6, 6.07) is 0. The summed E-state index contributed by atoms with van der Waals surface area (Å²) in [4.78, 5) is 10.6. The number of aliphatic hydroxyl groups excluding tert-OH is 1. The summed E-state index contributed by atoms with van der Waals surface area (Å²) in [6.07, 6.45) is -0.921. The van der Waals surface area contributed by atoms with Crippen LogP contribution >= 0.6 is 0 Å². The van der Waals surface area contributed by atoms with Gasteiger partial charge < -0.3 is 14.6 Å². The Labute approximate surface area is 57.7 Å². The van der Waals surface area contributed by atoms with Gasteiger partial charge in [0.1, 0.15) is 12.2 Å². The SMILES string of the molecule is O=C1O[C@@H]2CCO[C@@H]2C1O. The van der Waals surface area contributed by atoms with Crippen LogP contribution in [0.25, 0.3) is 0 Å². The molecule has 2 aliphatic heterocycles. The molecule has 0 spiro atoms. The minimum Gasteiger partial charge on any atom is -0.457 e. The summed E-state index contributed by atoms with van der Waals surface area (Å²) in [7, 11) is 0. The molecule has 1 N–H and O–H groups in total. The van der Waals surface area contributed by atoms with E-state index in [2.05, 4.69) is 0 Å². The Bertz CT molecular complexity index is 167. The highest BCUT2D eigenvalue weighted by Crippen LogP contribution is 2.26. The maximum atomic E-state index is 10.6. The van der Waals surface area contributed by atoms with Crippen LogP contribution in [0.4, 0.5) is 0 Å². The number of ether oxygens (including phenoxy) is 2. The highest BCUT2D eigenvalue weighted by atomic mass is 16.6. The molecule has 2 aliphatic rings. The van der Waals surface area contributed by atoms with Crippen molar-refractivity contribution in [2.45, 2.75) is 24.7 Å². The molecule has 0 aromatic carbocycles. The fourth-order valence-corrected chi connectivity index (χ4v) is 1.37. The van der Waals surface area contributed by atoms with E-state index in [1.165, 1.54) is 0 Å². The molecule has 0 radical (unpaired) electrons. The van der Waals surface area contributed by atoms with E-state index in [0.717, 1.165) is 0 Å². The largest absolute Gasteiger partial charge is 0.457 e. The molecule has 3 atom stereocenters. The number of carbonyl (C=O) groups excluding carboxylic acids is 1. The summed E-state index contributed by atoms with van der Waals surface area (Å²) >= 11 is 0. The summed E-state index contributed by atoms with van der Waals surface area (Å²) in [5.74, 6) is -0.547. The molecule has 10 heavy (non-hydrogen) atoms. The second-order valence-electron chi connectivity index (χ2n) is 2.54.